The number of para-hydroxylation sites is 2. The average molecular weight is 272 g/mol. The van der Waals surface area contributed by atoms with Crippen molar-refractivity contribution in [3.8, 4) is 0 Å². The second-order valence-corrected chi connectivity index (χ2v) is 6.24. The first-order valence-corrected chi connectivity index (χ1v) is 7.90. The Morgan fingerprint density at radius 3 is 2.75 bits per heavy atom. The SMILES string of the molecule is CC(CC1CCC1)Nc1ccccc1N1CCCC1=O. The third-order valence-electron chi connectivity index (χ3n) is 4.58. The van der Waals surface area contributed by atoms with E-state index in [9.17, 15) is 4.79 Å². The van der Waals surface area contributed by atoms with E-state index in [1.807, 2.05) is 17.0 Å². The number of hydrogen-bond acceptors (Lipinski definition) is 2. The fourth-order valence-electron chi connectivity index (χ4n) is 3.29. The molecule has 1 unspecified atom stereocenters. The van der Waals surface area contributed by atoms with Gasteiger partial charge in [0.1, 0.15) is 0 Å². The molecule has 1 saturated heterocycles. The van der Waals surface area contributed by atoms with Crippen LogP contribution in [0.25, 0.3) is 0 Å². The van der Waals surface area contributed by atoms with Crippen LogP contribution in [-0.4, -0.2) is 18.5 Å². The van der Waals surface area contributed by atoms with Crippen LogP contribution in [-0.2, 0) is 4.79 Å². The average Bonchev–Trinajstić information content (AvgIpc) is 2.81. The molecule has 1 aliphatic carbocycles. The highest BCUT2D eigenvalue weighted by atomic mass is 16.2. The Morgan fingerprint density at radius 2 is 2.10 bits per heavy atom. The molecule has 3 heteroatoms. The second kappa shape index (κ2) is 5.86. The van der Waals surface area contributed by atoms with Crippen LogP contribution in [0, 0.1) is 5.92 Å². The maximum absolute atomic E-state index is 11.9. The standard InChI is InChI=1S/C17H24N2O/c1-13(12-14-6-4-7-14)18-15-8-2-3-9-16(15)19-11-5-10-17(19)20/h2-3,8-9,13-14,18H,4-7,10-12H2,1H3. The van der Waals surface area contributed by atoms with Crippen LogP contribution in [0.1, 0.15) is 45.4 Å². The number of carbonyl (C=O) groups is 1. The van der Waals surface area contributed by atoms with E-state index in [-0.39, 0.29) is 5.91 Å². The van der Waals surface area contributed by atoms with E-state index in [1.54, 1.807) is 0 Å². The Kier molecular flexibility index (Phi) is 3.95. The number of nitrogens with zero attached hydrogens (tertiary/aromatic N) is 1. The minimum Gasteiger partial charge on any atom is -0.381 e. The number of anilines is 2. The third-order valence-corrected chi connectivity index (χ3v) is 4.58. The molecule has 1 saturated carbocycles. The molecule has 3 nitrogen and oxygen atoms in total. The van der Waals surface area contributed by atoms with Gasteiger partial charge in [-0.1, -0.05) is 31.4 Å². The largest absolute Gasteiger partial charge is 0.381 e. The fraction of sp³-hybridized carbons (Fsp3) is 0.588. The summed E-state index contributed by atoms with van der Waals surface area (Å²) in [6.45, 7) is 3.11. The van der Waals surface area contributed by atoms with Gasteiger partial charge in [0.15, 0.2) is 0 Å². The Bertz CT molecular complexity index is 482. The van der Waals surface area contributed by atoms with Crippen LogP contribution < -0.4 is 10.2 Å². The molecule has 1 N–H and O–H groups in total. The van der Waals surface area contributed by atoms with Gasteiger partial charge in [-0.05, 0) is 37.8 Å². The van der Waals surface area contributed by atoms with Gasteiger partial charge in [0.25, 0.3) is 0 Å². The lowest BCUT2D eigenvalue weighted by atomic mass is 9.81. The molecule has 3 rings (SSSR count). The van der Waals surface area contributed by atoms with E-state index in [4.69, 9.17) is 0 Å². The van der Waals surface area contributed by atoms with E-state index in [0.717, 1.165) is 30.3 Å². The van der Waals surface area contributed by atoms with Gasteiger partial charge in [-0.3, -0.25) is 4.79 Å². The number of benzene rings is 1. The highest BCUT2D eigenvalue weighted by Crippen LogP contribution is 2.33. The van der Waals surface area contributed by atoms with Gasteiger partial charge < -0.3 is 10.2 Å². The van der Waals surface area contributed by atoms with Crippen LogP contribution in [0.3, 0.4) is 0 Å². The summed E-state index contributed by atoms with van der Waals surface area (Å²) >= 11 is 0. The Labute approximate surface area is 121 Å². The van der Waals surface area contributed by atoms with E-state index >= 15 is 0 Å². The molecule has 108 valence electrons. The lowest BCUT2D eigenvalue weighted by Gasteiger charge is -2.30. The summed E-state index contributed by atoms with van der Waals surface area (Å²) in [4.78, 5) is 13.9. The zero-order valence-electron chi connectivity index (χ0n) is 12.3. The second-order valence-electron chi connectivity index (χ2n) is 6.24. The number of carbonyl (C=O) groups excluding carboxylic acids is 1. The lowest BCUT2D eigenvalue weighted by Crippen LogP contribution is -2.27. The minimum absolute atomic E-state index is 0.255. The smallest absolute Gasteiger partial charge is 0.227 e. The molecule has 2 aliphatic rings. The molecular weight excluding hydrogens is 248 g/mol. The first kappa shape index (κ1) is 13.5. The van der Waals surface area contributed by atoms with Gasteiger partial charge in [0.2, 0.25) is 5.91 Å². The molecule has 1 atom stereocenters. The summed E-state index contributed by atoms with van der Waals surface area (Å²) < 4.78 is 0. The molecule has 0 aromatic heterocycles. The predicted molar refractivity (Wildman–Crippen MR) is 83.1 cm³/mol. The van der Waals surface area contributed by atoms with Crippen molar-refractivity contribution in [3.05, 3.63) is 24.3 Å². The summed E-state index contributed by atoms with van der Waals surface area (Å²) in [6.07, 6.45) is 7.08. The Hall–Kier alpha value is -1.51. The van der Waals surface area contributed by atoms with Crippen molar-refractivity contribution in [1.82, 2.24) is 0 Å². The number of hydrogen-bond donors (Lipinski definition) is 1. The normalized spacial score (nSPS) is 20.9. The molecule has 0 spiro atoms. The fourth-order valence-corrected chi connectivity index (χ4v) is 3.29. The van der Waals surface area contributed by atoms with Gasteiger partial charge in [-0.25, -0.2) is 0 Å². The first-order valence-electron chi connectivity index (χ1n) is 7.90. The van der Waals surface area contributed by atoms with Crippen molar-refractivity contribution < 1.29 is 4.79 Å². The summed E-state index contributed by atoms with van der Waals surface area (Å²) in [5.41, 5.74) is 2.16. The molecule has 0 bridgehead atoms. The van der Waals surface area contributed by atoms with E-state index in [1.165, 1.54) is 25.7 Å². The molecule has 1 amide bonds. The summed E-state index contributed by atoms with van der Waals surface area (Å²) in [7, 11) is 0. The van der Waals surface area contributed by atoms with Crippen LogP contribution >= 0.6 is 0 Å². The van der Waals surface area contributed by atoms with Gasteiger partial charge in [0, 0.05) is 19.0 Å². The Morgan fingerprint density at radius 1 is 1.30 bits per heavy atom. The van der Waals surface area contributed by atoms with Crippen molar-refractivity contribution in [1.29, 1.82) is 0 Å². The van der Waals surface area contributed by atoms with Crippen molar-refractivity contribution in [2.75, 3.05) is 16.8 Å². The minimum atomic E-state index is 0.255. The van der Waals surface area contributed by atoms with Crippen molar-refractivity contribution in [2.24, 2.45) is 5.92 Å². The van der Waals surface area contributed by atoms with E-state index < -0.39 is 0 Å². The molecular formula is C17H24N2O. The summed E-state index contributed by atoms with van der Waals surface area (Å²) in [6, 6.07) is 8.68. The van der Waals surface area contributed by atoms with Crippen LogP contribution in [0.4, 0.5) is 11.4 Å². The topological polar surface area (TPSA) is 32.3 Å². The zero-order chi connectivity index (χ0) is 13.9. The number of rotatable bonds is 5. The van der Waals surface area contributed by atoms with Gasteiger partial charge in [-0.15, -0.1) is 0 Å². The van der Waals surface area contributed by atoms with Gasteiger partial charge in [-0.2, -0.15) is 0 Å². The van der Waals surface area contributed by atoms with Crippen LogP contribution in [0.5, 0.6) is 0 Å². The van der Waals surface area contributed by atoms with Crippen molar-refractivity contribution >= 4 is 17.3 Å². The van der Waals surface area contributed by atoms with E-state index in [0.29, 0.717) is 12.5 Å². The summed E-state index contributed by atoms with van der Waals surface area (Å²) in [5, 5.41) is 3.61. The Balaban J connectivity index is 1.70. The number of nitrogens with one attached hydrogen (secondary N) is 1. The molecule has 0 radical (unpaired) electrons. The quantitative estimate of drug-likeness (QED) is 0.884. The van der Waals surface area contributed by atoms with Crippen LogP contribution in [0.15, 0.2) is 24.3 Å². The lowest BCUT2D eigenvalue weighted by molar-refractivity contribution is -0.117. The molecule has 1 heterocycles. The predicted octanol–water partition coefficient (Wildman–Crippen LogP) is 3.80. The summed E-state index contributed by atoms with van der Waals surface area (Å²) in [5.74, 6) is 1.16. The maximum atomic E-state index is 11.9. The zero-order valence-corrected chi connectivity index (χ0v) is 12.3. The third kappa shape index (κ3) is 2.82. The maximum Gasteiger partial charge on any atom is 0.227 e. The first-order chi connectivity index (χ1) is 9.74. The van der Waals surface area contributed by atoms with Crippen molar-refractivity contribution in [2.45, 2.75) is 51.5 Å². The molecule has 1 aromatic rings. The monoisotopic (exact) mass is 272 g/mol. The van der Waals surface area contributed by atoms with Gasteiger partial charge >= 0.3 is 0 Å². The highest BCUT2D eigenvalue weighted by molar-refractivity contribution is 5.98. The highest BCUT2D eigenvalue weighted by Gasteiger charge is 2.25. The van der Waals surface area contributed by atoms with E-state index in [2.05, 4.69) is 24.4 Å². The van der Waals surface area contributed by atoms with Gasteiger partial charge in [0.05, 0.1) is 11.4 Å². The number of amides is 1. The molecule has 1 aliphatic heterocycles. The molecule has 2 fully saturated rings. The molecule has 20 heavy (non-hydrogen) atoms. The van der Waals surface area contributed by atoms with Crippen molar-refractivity contribution in [3.63, 3.8) is 0 Å². The van der Waals surface area contributed by atoms with Crippen LogP contribution in [0.2, 0.25) is 0 Å². The molecule has 1 aromatic carbocycles.